The van der Waals surface area contributed by atoms with Gasteiger partial charge in [-0.2, -0.15) is 12.1 Å². The number of hydrogen-bond donors (Lipinski definition) is 0. The topological polar surface area (TPSA) is 0 Å². The molecular formula is C31H41HfSi. The van der Waals surface area contributed by atoms with Crippen molar-refractivity contribution in [3.63, 3.8) is 0 Å². The van der Waals surface area contributed by atoms with Gasteiger partial charge in [0.1, 0.15) is 0 Å². The van der Waals surface area contributed by atoms with Crippen molar-refractivity contribution in [1.82, 2.24) is 0 Å². The van der Waals surface area contributed by atoms with Gasteiger partial charge in [-0.05, 0) is 10.8 Å². The molecule has 0 unspecified atom stereocenters. The Hall–Kier alpha value is -1.25. The Bertz CT molecular complexity index is 1090. The second-order valence-corrected chi connectivity index (χ2v) is 15.8. The summed E-state index contributed by atoms with van der Waals surface area (Å²) in [5, 5.41) is 5.57. The van der Waals surface area contributed by atoms with Gasteiger partial charge in [-0.15, -0.1) is 69.1 Å². The summed E-state index contributed by atoms with van der Waals surface area (Å²) in [7, 11) is 0. The first-order valence-electron chi connectivity index (χ1n) is 12.1. The molecule has 0 nitrogen and oxygen atoms in total. The molecule has 0 aromatic heterocycles. The molecule has 4 aromatic rings. The zero-order valence-corrected chi connectivity index (χ0v) is 26.8. The maximum Gasteiger partial charge on any atom is -0.0220 e. The molecule has 0 N–H and O–H groups in total. The van der Waals surface area contributed by atoms with E-state index in [1.54, 1.807) is 0 Å². The molecule has 0 aliphatic rings. The van der Waals surface area contributed by atoms with Crippen molar-refractivity contribution in [1.29, 1.82) is 0 Å². The van der Waals surface area contributed by atoms with Crippen LogP contribution in [-0.4, -0.2) is 6.22 Å². The molecule has 4 aromatic carbocycles. The molecule has 0 bridgehead atoms. The fraction of sp³-hybridized carbons (Fsp3) is 0.419. The first-order chi connectivity index (χ1) is 15.4. The van der Waals surface area contributed by atoms with Gasteiger partial charge in [0, 0.05) is 0 Å². The molecule has 33 heavy (non-hydrogen) atoms. The molecule has 0 heterocycles. The molecule has 0 aliphatic carbocycles. The smallest absolute Gasteiger partial charge is 0.0220 e. The largest absolute Gasteiger partial charge is 0.165 e. The third kappa shape index (κ3) is 7.89. The first kappa shape index (κ1) is 28.0. The van der Waals surface area contributed by atoms with E-state index < -0.39 is 0 Å². The average Bonchev–Trinajstić information content (AvgIpc) is 3.27. The fourth-order valence-corrected chi connectivity index (χ4v) is 7.15. The van der Waals surface area contributed by atoms with Crippen molar-refractivity contribution in [2.24, 2.45) is 0 Å². The van der Waals surface area contributed by atoms with Gasteiger partial charge in [0.25, 0.3) is 0 Å². The van der Waals surface area contributed by atoms with Crippen LogP contribution in [0.2, 0.25) is 6.04 Å². The standard InChI is InChI=1S/2C14H17.C3H7Si.Hf/c2*1-10-8-11-6-5-7-13(12(11)9-10)14(2,3)4;1-2-3-4;/h2*5-9H,1-4H3;2-3H2,1H3;/q2*-1;;+2. The minimum atomic E-state index is 0.236. The Labute approximate surface area is 218 Å². The molecular weight excluding hydrogens is 579 g/mol. The van der Waals surface area contributed by atoms with Gasteiger partial charge < -0.3 is 0 Å². The van der Waals surface area contributed by atoms with E-state index in [0.29, 0.717) is 0 Å². The van der Waals surface area contributed by atoms with Crippen LogP contribution in [0.4, 0.5) is 0 Å². The number of benzene rings is 2. The predicted molar refractivity (Wildman–Crippen MR) is 147 cm³/mol. The van der Waals surface area contributed by atoms with E-state index in [0.717, 1.165) is 0 Å². The van der Waals surface area contributed by atoms with Gasteiger partial charge in [-0.1, -0.05) is 78.6 Å². The van der Waals surface area contributed by atoms with E-state index in [-0.39, 0.29) is 10.8 Å². The fourth-order valence-electron chi connectivity index (χ4n) is 4.20. The molecule has 2 heteroatoms. The number of hydrogen-bond acceptors (Lipinski definition) is 0. The van der Waals surface area contributed by atoms with Crippen LogP contribution >= 0.6 is 0 Å². The van der Waals surface area contributed by atoms with Gasteiger partial charge in [0.05, 0.1) is 0 Å². The summed E-state index contributed by atoms with van der Waals surface area (Å²) in [6.07, 6.45) is 2.69. The van der Waals surface area contributed by atoms with Gasteiger partial charge >= 0.3 is 48.6 Å². The summed E-state index contributed by atoms with van der Waals surface area (Å²) in [4.78, 5) is 0. The zero-order valence-electron chi connectivity index (χ0n) is 22.2. The number of rotatable bonds is 2. The molecule has 1 radical (unpaired) electrons. The van der Waals surface area contributed by atoms with Gasteiger partial charge in [0.15, 0.2) is 0 Å². The second kappa shape index (κ2) is 11.9. The maximum absolute atomic E-state index is 2.29. The van der Waals surface area contributed by atoms with E-state index in [2.05, 4.69) is 123 Å². The van der Waals surface area contributed by atoms with Crippen molar-refractivity contribution >= 4 is 27.8 Å². The van der Waals surface area contributed by atoms with E-state index in [4.69, 9.17) is 0 Å². The number of aryl methyl sites for hydroxylation is 2. The van der Waals surface area contributed by atoms with Crippen LogP contribution in [0.15, 0.2) is 60.7 Å². The molecule has 173 valence electrons. The van der Waals surface area contributed by atoms with Crippen molar-refractivity contribution in [2.45, 2.75) is 85.6 Å². The molecule has 0 atom stereocenters. The van der Waals surface area contributed by atoms with E-state index in [9.17, 15) is 0 Å². The Balaban J connectivity index is 0.000000195. The SMILES string of the molecule is CCC[Si]=[Hf+2].Cc1cc2c(C(C)(C)C)cccc2[cH-]1.Cc1cc2c(C(C)(C)C)cccc2[cH-]1. The van der Waals surface area contributed by atoms with E-state index in [1.807, 2.05) is 0 Å². The van der Waals surface area contributed by atoms with Crippen LogP contribution in [0.25, 0.3) is 21.5 Å². The van der Waals surface area contributed by atoms with Gasteiger partial charge in [0.2, 0.25) is 0 Å². The van der Waals surface area contributed by atoms with Crippen molar-refractivity contribution in [2.75, 3.05) is 0 Å². The van der Waals surface area contributed by atoms with Crippen LogP contribution in [0.1, 0.15) is 77.1 Å². The van der Waals surface area contributed by atoms with Crippen LogP contribution in [0.3, 0.4) is 0 Å². The Morgan fingerprint density at radius 2 is 1.12 bits per heavy atom. The summed E-state index contributed by atoms with van der Waals surface area (Å²) < 4.78 is 0. The quantitative estimate of drug-likeness (QED) is 0.155. The Morgan fingerprint density at radius 3 is 1.39 bits per heavy atom. The number of fused-ring (bicyclic) bond motifs is 2. The Morgan fingerprint density at radius 1 is 0.727 bits per heavy atom. The molecule has 0 spiro atoms. The van der Waals surface area contributed by atoms with Crippen LogP contribution in [-0.2, 0) is 33.8 Å². The minimum absolute atomic E-state index is 0.236. The zero-order chi connectivity index (χ0) is 24.8. The van der Waals surface area contributed by atoms with Crippen LogP contribution < -0.4 is 0 Å². The van der Waals surface area contributed by atoms with Crippen LogP contribution in [0.5, 0.6) is 0 Å². The predicted octanol–water partition coefficient (Wildman–Crippen LogP) is 9.31. The summed E-state index contributed by atoms with van der Waals surface area (Å²) in [5.41, 5.74) is 6.08. The van der Waals surface area contributed by atoms with E-state index >= 15 is 0 Å². The summed E-state index contributed by atoms with van der Waals surface area (Å²) in [6, 6.07) is 23.7. The van der Waals surface area contributed by atoms with Crippen molar-refractivity contribution in [3.8, 4) is 0 Å². The van der Waals surface area contributed by atoms with E-state index in [1.165, 1.54) is 85.5 Å². The second-order valence-electron chi connectivity index (χ2n) is 11.1. The Kier molecular flexibility index (Phi) is 10.1. The normalized spacial score (nSPS) is 11.6. The van der Waals surface area contributed by atoms with Gasteiger partial charge in [-0.3, -0.25) is 0 Å². The molecule has 0 saturated heterocycles. The third-order valence-corrected chi connectivity index (χ3v) is 9.23. The molecule has 0 amide bonds. The molecule has 0 fully saturated rings. The monoisotopic (exact) mass is 621 g/mol. The third-order valence-electron chi connectivity index (χ3n) is 5.78. The average molecular weight is 620 g/mol. The summed E-state index contributed by atoms with van der Waals surface area (Å²) in [6.45, 7) is 20.2. The summed E-state index contributed by atoms with van der Waals surface area (Å²) >= 11 is 1.43. The summed E-state index contributed by atoms with van der Waals surface area (Å²) in [5.74, 6) is 0. The molecule has 4 rings (SSSR count). The maximum atomic E-state index is 2.29. The van der Waals surface area contributed by atoms with Crippen molar-refractivity contribution in [3.05, 3.63) is 82.9 Å². The molecule has 0 aliphatic heterocycles. The van der Waals surface area contributed by atoms with Gasteiger partial charge in [-0.25, -0.2) is 0 Å². The molecule has 0 saturated carbocycles. The first-order valence-corrected chi connectivity index (χ1v) is 18.7. The van der Waals surface area contributed by atoms with Crippen molar-refractivity contribution < 1.29 is 23.0 Å². The van der Waals surface area contributed by atoms with Crippen LogP contribution in [0, 0.1) is 13.8 Å². The minimum Gasteiger partial charge on any atom is -0.165 e.